The molecule has 2 aromatic carbocycles. The Morgan fingerprint density at radius 2 is 1.56 bits per heavy atom. The predicted octanol–water partition coefficient (Wildman–Crippen LogP) is 5.06. The van der Waals surface area contributed by atoms with Gasteiger partial charge in [0.15, 0.2) is 0 Å². The molecule has 3 nitrogen and oxygen atoms in total. The third-order valence-corrected chi connectivity index (χ3v) is 5.18. The fourth-order valence-electron chi connectivity index (χ4n) is 3.67. The molecule has 0 amide bonds. The minimum Gasteiger partial charge on any atom is -0.496 e. The number of para-hydroxylation sites is 2. The van der Waals surface area contributed by atoms with E-state index in [-0.39, 0.29) is 12.4 Å². The number of methoxy groups -OCH3 is 1. The summed E-state index contributed by atoms with van der Waals surface area (Å²) in [4.78, 5) is 0. The minimum atomic E-state index is 0. The first kappa shape index (κ1) is 21.6. The second-order valence-electron chi connectivity index (χ2n) is 7.15. The molecular formula is C23H32ClNO2. The van der Waals surface area contributed by atoms with Gasteiger partial charge in [0, 0.05) is 12.5 Å². The van der Waals surface area contributed by atoms with Crippen LogP contribution in [0.5, 0.6) is 11.5 Å². The summed E-state index contributed by atoms with van der Waals surface area (Å²) < 4.78 is 11.6. The molecule has 1 fully saturated rings. The number of ether oxygens (including phenoxy) is 2. The number of nitrogens with one attached hydrogen (secondary N) is 1. The van der Waals surface area contributed by atoms with Gasteiger partial charge in [-0.1, -0.05) is 36.4 Å². The van der Waals surface area contributed by atoms with Crippen LogP contribution in [0.25, 0.3) is 0 Å². The predicted molar refractivity (Wildman–Crippen MR) is 114 cm³/mol. The lowest BCUT2D eigenvalue weighted by atomic mass is 10.0. The van der Waals surface area contributed by atoms with Gasteiger partial charge >= 0.3 is 0 Å². The van der Waals surface area contributed by atoms with E-state index in [0.717, 1.165) is 56.9 Å². The first-order valence-electron chi connectivity index (χ1n) is 9.90. The van der Waals surface area contributed by atoms with Crippen LogP contribution in [0.3, 0.4) is 0 Å². The zero-order valence-electron chi connectivity index (χ0n) is 16.3. The van der Waals surface area contributed by atoms with Crippen LogP contribution < -0.4 is 14.8 Å². The van der Waals surface area contributed by atoms with Crippen LogP contribution in [-0.2, 0) is 12.8 Å². The van der Waals surface area contributed by atoms with Crippen molar-refractivity contribution in [3.05, 3.63) is 59.7 Å². The highest BCUT2D eigenvalue weighted by Gasteiger charge is 2.14. The van der Waals surface area contributed by atoms with E-state index in [0.29, 0.717) is 5.92 Å². The van der Waals surface area contributed by atoms with Crippen LogP contribution in [0.15, 0.2) is 48.5 Å². The Morgan fingerprint density at radius 1 is 0.926 bits per heavy atom. The molecule has 3 rings (SSSR count). The number of benzene rings is 2. The Balaban J connectivity index is 0.00000261. The molecule has 0 aliphatic carbocycles. The summed E-state index contributed by atoms with van der Waals surface area (Å²) in [7, 11) is 1.74. The molecule has 0 bridgehead atoms. The van der Waals surface area contributed by atoms with E-state index in [9.17, 15) is 0 Å². The van der Waals surface area contributed by atoms with Crippen molar-refractivity contribution in [1.29, 1.82) is 0 Å². The van der Waals surface area contributed by atoms with Crippen molar-refractivity contribution in [3.63, 3.8) is 0 Å². The Morgan fingerprint density at radius 3 is 2.19 bits per heavy atom. The largest absolute Gasteiger partial charge is 0.496 e. The standard InChI is InChI=1S/C23H31NO2.ClH/c1-25-22-14-6-4-11-20(22)10-2-3-12-21-13-5-7-15-23(21)26-18-19-9-8-16-24-17-19;/h4-7,11,13-15,19,24H,2-3,8-10,12,16-18H2,1H3;1H. The SMILES string of the molecule is COc1ccccc1CCCCc1ccccc1OCC1CCCNC1.Cl. The first-order chi connectivity index (χ1) is 12.9. The molecule has 1 aliphatic heterocycles. The van der Waals surface area contributed by atoms with Gasteiger partial charge in [0.2, 0.25) is 0 Å². The third-order valence-electron chi connectivity index (χ3n) is 5.18. The highest BCUT2D eigenvalue weighted by atomic mass is 35.5. The van der Waals surface area contributed by atoms with E-state index in [1.54, 1.807) is 7.11 Å². The summed E-state index contributed by atoms with van der Waals surface area (Å²) in [6, 6.07) is 16.8. The van der Waals surface area contributed by atoms with Crippen molar-refractivity contribution in [2.45, 2.75) is 38.5 Å². The van der Waals surface area contributed by atoms with Gasteiger partial charge in [-0.15, -0.1) is 12.4 Å². The molecule has 1 N–H and O–H groups in total. The molecule has 0 saturated carbocycles. The van der Waals surface area contributed by atoms with Crippen LogP contribution in [-0.4, -0.2) is 26.8 Å². The first-order valence-corrected chi connectivity index (χ1v) is 9.90. The summed E-state index contributed by atoms with van der Waals surface area (Å²) in [5.74, 6) is 2.70. The Hall–Kier alpha value is -1.71. The zero-order chi connectivity index (χ0) is 18.0. The summed E-state index contributed by atoms with van der Waals surface area (Å²) in [6.07, 6.45) is 6.96. The molecule has 1 atom stereocenters. The Kier molecular flexibility index (Phi) is 9.51. The van der Waals surface area contributed by atoms with Gasteiger partial charge in [0.05, 0.1) is 13.7 Å². The van der Waals surface area contributed by atoms with Crippen LogP contribution in [0, 0.1) is 5.92 Å². The topological polar surface area (TPSA) is 30.5 Å². The fraction of sp³-hybridized carbons (Fsp3) is 0.478. The lowest BCUT2D eigenvalue weighted by molar-refractivity contribution is 0.217. The molecule has 1 aliphatic rings. The second-order valence-corrected chi connectivity index (χ2v) is 7.15. The van der Waals surface area contributed by atoms with Crippen molar-refractivity contribution >= 4 is 12.4 Å². The van der Waals surface area contributed by atoms with Crippen molar-refractivity contribution in [3.8, 4) is 11.5 Å². The molecule has 2 aromatic rings. The molecule has 4 heteroatoms. The maximum absolute atomic E-state index is 6.17. The second kappa shape index (κ2) is 11.9. The van der Waals surface area contributed by atoms with Crippen LogP contribution in [0.4, 0.5) is 0 Å². The summed E-state index contributed by atoms with van der Waals surface area (Å²) in [6.45, 7) is 3.06. The molecule has 0 aromatic heterocycles. The molecule has 148 valence electrons. The third kappa shape index (κ3) is 6.75. The highest BCUT2D eigenvalue weighted by Crippen LogP contribution is 2.24. The lowest BCUT2D eigenvalue weighted by Crippen LogP contribution is -2.33. The number of rotatable bonds is 9. The van der Waals surface area contributed by atoms with Gasteiger partial charge in [-0.2, -0.15) is 0 Å². The monoisotopic (exact) mass is 389 g/mol. The van der Waals surface area contributed by atoms with E-state index >= 15 is 0 Å². The average Bonchev–Trinajstić information content (AvgIpc) is 2.71. The highest BCUT2D eigenvalue weighted by molar-refractivity contribution is 5.85. The van der Waals surface area contributed by atoms with E-state index in [1.165, 1.54) is 24.0 Å². The van der Waals surface area contributed by atoms with Crippen molar-refractivity contribution in [2.24, 2.45) is 5.92 Å². The van der Waals surface area contributed by atoms with Gasteiger partial charge in [0.25, 0.3) is 0 Å². The van der Waals surface area contributed by atoms with Crippen LogP contribution in [0.2, 0.25) is 0 Å². The van der Waals surface area contributed by atoms with Gasteiger partial charge in [-0.25, -0.2) is 0 Å². The van der Waals surface area contributed by atoms with Crippen molar-refractivity contribution in [2.75, 3.05) is 26.8 Å². The van der Waals surface area contributed by atoms with Gasteiger partial charge in [-0.05, 0) is 68.3 Å². The normalized spacial score (nSPS) is 16.4. The quantitative estimate of drug-likeness (QED) is 0.608. The number of aryl methyl sites for hydroxylation is 2. The molecule has 1 saturated heterocycles. The Labute approximate surface area is 169 Å². The van der Waals surface area contributed by atoms with Crippen LogP contribution in [0.1, 0.15) is 36.8 Å². The molecule has 1 unspecified atom stereocenters. The molecular weight excluding hydrogens is 358 g/mol. The molecule has 27 heavy (non-hydrogen) atoms. The molecule has 0 radical (unpaired) electrons. The number of unbranched alkanes of at least 4 members (excludes halogenated alkanes) is 1. The summed E-state index contributed by atoms with van der Waals surface area (Å²) >= 11 is 0. The van der Waals surface area contributed by atoms with Gasteiger partial charge in [0.1, 0.15) is 11.5 Å². The van der Waals surface area contributed by atoms with Crippen LogP contribution >= 0.6 is 12.4 Å². The van der Waals surface area contributed by atoms with Crippen molar-refractivity contribution < 1.29 is 9.47 Å². The summed E-state index contributed by atoms with van der Waals surface area (Å²) in [5, 5.41) is 3.46. The maximum atomic E-state index is 6.17. The summed E-state index contributed by atoms with van der Waals surface area (Å²) in [5.41, 5.74) is 2.63. The van der Waals surface area contributed by atoms with Gasteiger partial charge in [-0.3, -0.25) is 0 Å². The Bertz CT molecular complexity index is 671. The number of piperidine rings is 1. The average molecular weight is 390 g/mol. The molecule has 0 spiro atoms. The molecule has 1 heterocycles. The van der Waals surface area contributed by atoms with E-state index in [1.807, 2.05) is 12.1 Å². The fourth-order valence-corrected chi connectivity index (χ4v) is 3.67. The number of hydrogen-bond acceptors (Lipinski definition) is 3. The van der Waals surface area contributed by atoms with Crippen molar-refractivity contribution in [1.82, 2.24) is 5.32 Å². The number of hydrogen-bond donors (Lipinski definition) is 1. The van der Waals surface area contributed by atoms with E-state index in [2.05, 4.69) is 41.7 Å². The van der Waals surface area contributed by atoms with E-state index in [4.69, 9.17) is 9.47 Å². The smallest absolute Gasteiger partial charge is 0.122 e. The zero-order valence-corrected chi connectivity index (χ0v) is 17.1. The van der Waals surface area contributed by atoms with Gasteiger partial charge < -0.3 is 14.8 Å². The maximum Gasteiger partial charge on any atom is 0.122 e. The number of halogens is 1. The van der Waals surface area contributed by atoms with E-state index < -0.39 is 0 Å². The minimum absolute atomic E-state index is 0. The lowest BCUT2D eigenvalue weighted by Gasteiger charge is -2.23.